The first-order valence-electron chi connectivity index (χ1n) is 12.0. The Balaban J connectivity index is 1.60. The number of carboxylic acid groups (broad SMARTS) is 1. The molecule has 2 aliphatic rings. The number of halogens is 2. The molecule has 2 heterocycles. The van der Waals surface area contributed by atoms with Crippen molar-refractivity contribution >= 4 is 60.0 Å². The number of nitrogens with zero attached hydrogens (tertiary/aromatic N) is 2. The van der Waals surface area contributed by atoms with Crippen LogP contribution < -0.4 is 15.3 Å². The topological polar surface area (TPSA) is 186 Å². The van der Waals surface area contributed by atoms with E-state index in [0.29, 0.717) is 10.5 Å². The Morgan fingerprint density at radius 1 is 1.15 bits per heavy atom. The lowest BCUT2D eigenvalue weighted by Gasteiger charge is -2.33. The van der Waals surface area contributed by atoms with E-state index in [2.05, 4.69) is 10.6 Å². The van der Waals surface area contributed by atoms with Crippen molar-refractivity contribution in [2.24, 2.45) is 0 Å². The number of hydrogen-bond donors (Lipinski definition) is 5. The normalized spacial score (nSPS) is 17.6. The summed E-state index contributed by atoms with van der Waals surface area (Å²) in [6, 6.07) is 4.12. The second kappa shape index (κ2) is 11.6. The van der Waals surface area contributed by atoms with E-state index in [9.17, 15) is 39.2 Å². The molecular weight excluding hydrogens is 570 g/mol. The minimum Gasteiger partial charge on any atom is -0.534 e. The Morgan fingerprint density at radius 3 is 2.45 bits per heavy atom. The van der Waals surface area contributed by atoms with Crippen LogP contribution in [0.1, 0.15) is 34.5 Å². The van der Waals surface area contributed by atoms with E-state index >= 15 is 0 Å². The molecule has 1 fully saturated rings. The molecule has 1 unspecified atom stereocenters. The number of urea groups is 1. The van der Waals surface area contributed by atoms with Crippen LogP contribution in [-0.4, -0.2) is 87.5 Å². The van der Waals surface area contributed by atoms with Gasteiger partial charge in [0.05, 0.1) is 21.5 Å². The number of para-hydroxylation sites is 1. The highest BCUT2D eigenvalue weighted by molar-refractivity contribution is 6.47. The van der Waals surface area contributed by atoms with E-state index in [1.54, 1.807) is 13.0 Å². The maximum Gasteiger partial charge on any atom is 0.547 e. The molecule has 0 spiro atoms. The summed E-state index contributed by atoms with van der Waals surface area (Å²) in [7, 11) is -1.65. The van der Waals surface area contributed by atoms with Gasteiger partial charge in [-0.2, -0.15) is 0 Å². The van der Waals surface area contributed by atoms with Crippen molar-refractivity contribution in [1.29, 1.82) is 0 Å². The molecule has 4 rings (SSSR count). The van der Waals surface area contributed by atoms with E-state index in [0.717, 1.165) is 0 Å². The van der Waals surface area contributed by atoms with Crippen LogP contribution in [0.2, 0.25) is 10.0 Å². The maximum atomic E-state index is 13.5. The highest BCUT2D eigenvalue weighted by Crippen LogP contribution is 2.35. The van der Waals surface area contributed by atoms with Gasteiger partial charge in [0, 0.05) is 19.6 Å². The van der Waals surface area contributed by atoms with Crippen LogP contribution in [0.4, 0.5) is 4.79 Å². The predicted molar refractivity (Wildman–Crippen MR) is 141 cm³/mol. The highest BCUT2D eigenvalue weighted by atomic mass is 35.5. The number of aromatic carboxylic acids is 1. The highest BCUT2D eigenvalue weighted by Gasteiger charge is 2.41. The molecule has 40 heavy (non-hydrogen) atoms. The zero-order chi connectivity index (χ0) is 29.3. The first-order valence-corrected chi connectivity index (χ1v) is 12.8. The van der Waals surface area contributed by atoms with Crippen molar-refractivity contribution in [2.45, 2.75) is 25.3 Å². The first-order chi connectivity index (χ1) is 18.9. The number of rotatable bonds is 6. The standard InChI is InChI=1S/C24H23BCl2N4O9/c1-2-30-6-7-31(22(35)21(30)34)24(38)29-17(12-8-14(26)18(32)15(27)9-12)20(33)28-16-10-11-4-3-5-13(23(36)37)19(11)40-25(16)39/h3-5,8-9,16-17,32,39H,2,6-7,10H2,1H3,(H,28,33)(H,29,38)(H,36,37)/t16-,17?/m0/s1. The van der Waals surface area contributed by atoms with Gasteiger partial charge in [0.25, 0.3) is 0 Å². The van der Waals surface area contributed by atoms with Gasteiger partial charge in [-0.1, -0.05) is 35.3 Å². The summed E-state index contributed by atoms with van der Waals surface area (Å²) in [6.45, 7) is 1.95. The monoisotopic (exact) mass is 592 g/mol. The summed E-state index contributed by atoms with van der Waals surface area (Å²) in [5, 5.41) is 34.4. The molecule has 2 aliphatic heterocycles. The van der Waals surface area contributed by atoms with Crippen LogP contribution in [-0.2, 0) is 20.8 Å². The fourth-order valence-corrected chi connectivity index (χ4v) is 4.91. The molecule has 5 amide bonds. The lowest BCUT2D eigenvalue weighted by atomic mass is 9.72. The number of fused-ring (bicyclic) bond motifs is 1. The lowest BCUT2D eigenvalue weighted by Crippen LogP contribution is -2.60. The second-order valence-corrected chi connectivity index (χ2v) is 9.80. The summed E-state index contributed by atoms with van der Waals surface area (Å²) >= 11 is 12.1. The molecule has 13 nitrogen and oxygen atoms in total. The Labute approximate surface area is 237 Å². The molecule has 0 aromatic heterocycles. The Kier molecular flexibility index (Phi) is 8.42. The Morgan fingerprint density at radius 2 is 1.82 bits per heavy atom. The van der Waals surface area contributed by atoms with Gasteiger partial charge in [0.15, 0.2) is 5.75 Å². The SMILES string of the molecule is CCN1CCN(C(=O)NC(C(=O)N[C@H]2Cc3cccc(C(=O)O)c3OB2O)c2cc(Cl)c(O)c(Cl)c2)C(=O)C1=O. The van der Waals surface area contributed by atoms with Crippen LogP contribution in [0.3, 0.4) is 0 Å². The van der Waals surface area contributed by atoms with Crippen molar-refractivity contribution in [3.8, 4) is 11.5 Å². The number of carbonyl (C=O) groups excluding carboxylic acids is 4. The average molecular weight is 593 g/mol. The minimum absolute atomic E-state index is 0.0180. The molecule has 210 valence electrons. The molecule has 2 atom stereocenters. The summed E-state index contributed by atoms with van der Waals surface area (Å²) in [6.07, 6.45) is -0.0208. The average Bonchev–Trinajstić information content (AvgIpc) is 2.91. The number of benzene rings is 2. The zero-order valence-electron chi connectivity index (χ0n) is 20.9. The largest absolute Gasteiger partial charge is 0.547 e. The molecule has 0 radical (unpaired) electrons. The molecule has 0 bridgehead atoms. The van der Waals surface area contributed by atoms with Gasteiger partial charge in [-0.15, -0.1) is 0 Å². The first kappa shape index (κ1) is 29.0. The quantitative estimate of drug-likeness (QED) is 0.241. The summed E-state index contributed by atoms with van der Waals surface area (Å²) in [5.74, 6) is -5.68. The van der Waals surface area contributed by atoms with E-state index in [1.165, 1.54) is 29.2 Å². The number of hydrogen-bond acceptors (Lipinski definition) is 8. The van der Waals surface area contributed by atoms with Gasteiger partial charge in [0.2, 0.25) is 5.91 Å². The van der Waals surface area contributed by atoms with Crippen LogP contribution in [0, 0.1) is 0 Å². The third-order valence-corrected chi connectivity index (χ3v) is 7.09. The van der Waals surface area contributed by atoms with E-state index in [1.807, 2.05) is 0 Å². The molecule has 5 N–H and O–H groups in total. The molecule has 1 saturated heterocycles. The molecule has 16 heteroatoms. The van der Waals surface area contributed by atoms with Crippen molar-refractivity contribution in [3.63, 3.8) is 0 Å². The number of carboxylic acids is 1. The lowest BCUT2D eigenvalue weighted by molar-refractivity contribution is -0.153. The number of phenolic OH excluding ortho intramolecular Hbond substituents is 1. The molecule has 2 aromatic carbocycles. The fourth-order valence-electron chi connectivity index (χ4n) is 4.41. The zero-order valence-corrected chi connectivity index (χ0v) is 22.4. The summed E-state index contributed by atoms with van der Waals surface area (Å²) < 4.78 is 5.40. The van der Waals surface area contributed by atoms with E-state index < -0.39 is 54.6 Å². The number of amides is 5. The molecule has 2 aromatic rings. The van der Waals surface area contributed by atoms with Gasteiger partial charge < -0.3 is 35.4 Å². The van der Waals surface area contributed by atoms with Crippen molar-refractivity contribution in [3.05, 3.63) is 57.1 Å². The summed E-state index contributed by atoms with van der Waals surface area (Å²) in [4.78, 5) is 64.9. The number of imide groups is 1. The van der Waals surface area contributed by atoms with Crippen molar-refractivity contribution < 1.29 is 43.9 Å². The van der Waals surface area contributed by atoms with Gasteiger partial charge in [0.1, 0.15) is 11.8 Å². The third-order valence-electron chi connectivity index (χ3n) is 6.52. The van der Waals surface area contributed by atoms with Crippen LogP contribution >= 0.6 is 23.2 Å². The second-order valence-electron chi connectivity index (χ2n) is 8.98. The molecule has 0 aliphatic carbocycles. The van der Waals surface area contributed by atoms with Crippen molar-refractivity contribution in [2.75, 3.05) is 19.6 Å². The van der Waals surface area contributed by atoms with E-state index in [4.69, 9.17) is 27.9 Å². The minimum atomic E-state index is -1.65. The number of piperazine rings is 1. The number of carbonyl (C=O) groups is 5. The summed E-state index contributed by atoms with van der Waals surface area (Å²) in [5.41, 5.74) is 0.261. The van der Waals surface area contributed by atoms with Crippen LogP contribution in [0.25, 0.3) is 0 Å². The molecular formula is C24H23BCl2N4O9. The number of likely N-dealkylation sites (N-methyl/N-ethyl adjacent to an activating group) is 1. The van der Waals surface area contributed by atoms with Crippen LogP contribution in [0.15, 0.2) is 30.3 Å². The number of nitrogens with one attached hydrogen (secondary N) is 2. The van der Waals surface area contributed by atoms with E-state index in [-0.39, 0.29) is 53.0 Å². The number of aromatic hydroxyl groups is 1. The Hall–Kier alpha value is -4.01. The van der Waals surface area contributed by atoms with Crippen molar-refractivity contribution in [1.82, 2.24) is 20.4 Å². The predicted octanol–water partition coefficient (Wildman–Crippen LogP) is 0.978. The maximum absolute atomic E-state index is 13.5. The van der Waals surface area contributed by atoms with Gasteiger partial charge >= 0.3 is 30.9 Å². The Bertz CT molecular complexity index is 1390. The third kappa shape index (κ3) is 5.64. The number of phenols is 1. The smallest absolute Gasteiger partial charge is 0.534 e. The fraction of sp³-hybridized carbons (Fsp3) is 0.292. The van der Waals surface area contributed by atoms with Crippen LogP contribution in [0.5, 0.6) is 11.5 Å². The van der Waals surface area contributed by atoms with Gasteiger partial charge in [-0.05, 0) is 42.7 Å². The van der Waals surface area contributed by atoms with Gasteiger partial charge in [-0.3, -0.25) is 19.3 Å². The molecule has 0 saturated carbocycles. The van der Waals surface area contributed by atoms with Gasteiger partial charge in [-0.25, -0.2) is 9.59 Å².